The molecule has 96 valence electrons. The van der Waals surface area contributed by atoms with Gasteiger partial charge in [-0.2, -0.15) is 5.10 Å². The van der Waals surface area contributed by atoms with Crippen molar-refractivity contribution in [1.82, 2.24) is 5.01 Å². The lowest BCUT2D eigenvalue weighted by Gasteiger charge is -2.15. The quantitative estimate of drug-likeness (QED) is 0.471. The van der Waals surface area contributed by atoms with Crippen molar-refractivity contribution in [2.24, 2.45) is 10.8 Å². The lowest BCUT2D eigenvalue weighted by Crippen LogP contribution is -2.18. The van der Waals surface area contributed by atoms with Gasteiger partial charge in [-0.1, -0.05) is 6.07 Å². The Bertz CT molecular complexity index is 483. The SMILES string of the molecule is C=NN(/C=C(\N)C(=O)O)Cc1c(F)cccc1F. The van der Waals surface area contributed by atoms with Crippen molar-refractivity contribution in [3.63, 3.8) is 0 Å². The van der Waals surface area contributed by atoms with E-state index in [1.807, 2.05) is 0 Å². The number of hydrogen-bond acceptors (Lipinski definition) is 4. The molecular weight excluding hydrogens is 244 g/mol. The summed E-state index contributed by atoms with van der Waals surface area (Å²) in [5.74, 6) is -2.88. The molecule has 1 rings (SSSR count). The predicted molar refractivity (Wildman–Crippen MR) is 61.4 cm³/mol. The van der Waals surface area contributed by atoms with E-state index in [1.54, 1.807) is 0 Å². The molecule has 0 saturated carbocycles. The summed E-state index contributed by atoms with van der Waals surface area (Å²) in [5, 5.41) is 12.9. The fraction of sp³-hybridized carbons (Fsp3) is 0.0909. The monoisotopic (exact) mass is 255 g/mol. The number of carbonyl (C=O) groups is 1. The molecule has 0 radical (unpaired) electrons. The van der Waals surface area contributed by atoms with Crippen LogP contribution < -0.4 is 5.73 Å². The molecule has 0 spiro atoms. The molecule has 0 aliphatic carbocycles. The first kappa shape index (κ1) is 13.6. The smallest absolute Gasteiger partial charge is 0.353 e. The second kappa shape index (κ2) is 5.76. The standard InChI is InChI=1S/C11H11F2N3O2/c1-15-16(6-10(14)11(17)18)5-7-8(12)3-2-4-9(7)13/h2-4,6H,1,5,14H2,(H,17,18)/b10-6-. The van der Waals surface area contributed by atoms with Crippen molar-refractivity contribution >= 4 is 12.7 Å². The van der Waals surface area contributed by atoms with E-state index in [0.29, 0.717) is 0 Å². The summed E-state index contributed by atoms with van der Waals surface area (Å²) in [4.78, 5) is 10.5. The van der Waals surface area contributed by atoms with Crippen LogP contribution in [0.15, 0.2) is 35.2 Å². The fourth-order valence-corrected chi connectivity index (χ4v) is 1.20. The lowest BCUT2D eigenvalue weighted by molar-refractivity contribution is -0.132. The molecule has 7 heteroatoms. The topological polar surface area (TPSA) is 78.9 Å². The number of aliphatic carboxylic acids is 1. The number of carboxylic acids is 1. The summed E-state index contributed by atoms with van der Waals surface area (Å²) in [6.07, 6.45) is 0.932. The first-order chi connectivity index (χ1) is 8.45. The molecule has 5 nitrogen and oxygen atoms in total. The first-order valence-electron chi connectivity index (χ1n) is 4.82. The average Bonchev–Trinajstić information content (AvgIpc) is 2.32. The maximum atomic E-state index is 13.3. The minimum atomic E-state index is -1.36. The molecule has 3 N–H and O–H groups in total. The van der Waals surface area contributed by atoms with E-state index >= 15 is 0 Å². The van der Waals surface area contributed by atoms with Crippen LogP contribution in [0.4, 0.5) is 8.78 Å². The van der Waals surface area contributed by atoms with Crippen molar-refractivity contribution in [1.29, 1.82) is 0 Å². The van der Waals surface area contributed by atoms with Gasteiger partial charge in [0.05, 0.1) is 12.7 Å². The summed E-state index contributed by atoms with van der Waals surface area (Å²) in [5.41, 5.74) is 4.40. The molecular formula is C11H11F2N3O2. The number of hydrogen-bond donors (Lipinski definition) is 2. The van der Waals surface area contributed by atoms with E-state index in [1.165, 1.54) is 6.07 Å². The first-order valence-corrected chi connectivity index (χ1v) is 4.82. The molecule has 0 fully saturated rings. The van der Waals surface area contributed by atoms with Crippen molar-refractivity contribution in [2.45, 2.75) is 6.54 Å². The van der Waals surface area contributed by atoms with Crippen LogP contribution in [0, 0.1) is 11.6 Å². The number of nitrogens with zero attached hydrogens (tertiary/aromatic N) is 2. The van der Waals surface area contributed by atoms with E-state index in [2.05, 4.69) is 11.8 Å². The Kier molecular flexibility index (Phi) is 4.36. The van der Waals surface area contributed by atoms with Gasteiger partial charge in [0.25, 0.3) is 0 Å². The number of halogens is 2. The van der Waals surface area contributed by atoms with Gasteiger partial charge in [0.2, 0.25) is 0 Å². The highest BCUT2D eigenvalue weighted by atomic mass is 19.1. The summed E-state index contributed by atoms with van der Waals surface area (Å²) in [6.45, 7) is 2.86. The van der Waals surface area contributed by atoms with Crippen molar-refractivity contribution in [3.05, 3.63) is 47.3 Å². The molecule has 0 aliphatic rings. The van der Waals surface area contributed by atoms with Crippen LogP contribution in [0.3, 0.4) is 0 Å². The fourth-order valence-electron chi connectivity index (χ4n) is 1.20. The van der Waals surface area contributed by atoms with Gasteiger partial charge >= 0.3 is 5.97 Å². The van der Waals surface area contributed by atoms with Gasteiger partial charge < -0.3 is 10.8 Å². The van der Waals surface area contributed by atoms with Crippen LogP contribution >= 0.6 is 0 Å². The molecule has 0 heterocycles. The summed E-state index contributed by atoms with van der Waals surface area (Å²) >= 11 is 0. The maximum Gasteiger partial charge on any atom is 0.353 e. The van der Waals surface area contributed by atoms with Crippen LogP contribution in [0.2, 0.25) is 0 Å². The Balaban J connectivity index is 2.97. The van der Waals surface area contributed by atoms with Gasteiger partial charge in [-0.05, 0) is 12.1 Å². The molecule has 0 aromatic heterocycles. The Morgan fingerprint density at radius 1 is 1.50 bits per heavy atom. The van der Waals surface area contributed by atoms with Gasteiger partial charge in [-0.25, -0.2) is 13.6 Å². The summed E-state index contributed by atoms with van der Waals surface area (Å²) in [6, 6.07) is 3.40. The minimum absolute atomic E-state index is 0.251. The van der Waals surface area contributed by atoms with Gasteiger partial charge in [-0.3, -0.25) is 5.01 Å². The average molecular weight is 255 g/mol. The van der Waals surface area contributed by atoms with Crippen molar-refractivity contribution in [3.8, 4) is 0 Å². The molecule has 1 aromatic rings. The second-order valence-electron chi connectivity index (χ2n) is 3.33. The Hall–Kier alpha value is -2.44. The van der Waals surface area contributed by atoms with E-state index in [-0.39, 0.29) is 12.1 Å². The minimum Gasteiger partial charge on any atom is -0.477 e. The van der Waals surface area contributed by atoms with Gasteiger partial charge in [0.1, 0.15) is 17.3 Å². The predicted octanol–water partition coefficient (Wildman–Crippen LogP) is 1.27. The Morgan fingerprint density at radius 2 is 2.06 bits per heavy atom. The Labute approximate surface area is 102 Å². The highest BCUT2D eigenvalue weighted by Gasteiger charge is 2.12. The Morgan fingerprint density at radius 3 is 2.50 bits per heavy atom. The zero-order valence-corrected chi connectivity index (χ0v) is 9.31. The second-order valence-corrected chi connectivity index (χ2v) is 3.33. The molecule has 0 atom stereocenters. The van der Waals surface area contributed by atoms with E-state index < -0.39 is 23.3 Å². The van der Waals surface area contributed by atoms with Crippen LogP contribution in [-0.4, -0.2) is 22.8 Å². The number of carboxylic acid groups (broad SMARTS) is 1. The largest absolute Gasteiger partial charge is 0.477 e. The van der Waals surface area contributed by atoms with Crippen molar-refractivity contribution in [2.75, 3.05) is 0 Å². The van der Waals surface area contributed by atoms with Gasteiger partial charge in [0, 0.05) is 12.3 Å². The number of rotatable bonds is 5. The third kappa shape index (κ3) is 3.27. The molecule has 0 amide bonds. The molecule has 0 saturated heterocycles. The summed E-state index contributed by atoms with van der Waals surface area (Å²) < 4.78 is 26.7. The molecule has 1 aromatic carbocycles. The number of benzene rings is 1. The molecule has 18 heavy (non-hydrogen) atoms. The van der Waals surface area contributed by atoms with Crippen molar-refractivity contribution < 1.29 is 18.7 Å². The highest BCUT2D eigenvalue weighted by molar-refractivity contribution is 5.85. The van der Waals surface area contributed by atoms with E-state index in [4.69, 9.17) is 10.8 Å². The molecule has 0 unspecified atom stereocenters. The molecule has 0 aliphatic heterocycles. The highest BCUT2D eigenvalue weighted by Crippen LogP contribution is 2.15. The van der Waals surface area contributed by atoms with Crippen LogP contribution in [-0.2, 0) is 11.3 Å². The lowest BCUT2D eigenvalue weighted by atomic mass is 10.2. The van der Waals surface area contributed by atoms with E-state index in [9.17, 15) is 13.6 Å². The third-order valence-electron chi connectivity index (χ3n) is 2.10. The summed E-state index contributed by atoms with van der Waals surface area (Å²) in [7, 11) is 0. The number of nitrogens with two attached hydrogens (primary N) is 1. The normalized spacial score (nSPS) is 11.1. The van der Waals surface area contributed by atoms with Crippen LogP contribution in [0.5, 0.6) is 0 Å². The van der Waals surface area contributed by atoms with E-state index in [0.717, 1.165) is 23.3 Å². The number of hydrazone groups is 1. The zero-order valence-electron chi connectivity index (χ0n) is 9.31. The van der Waals surface area contributed by atoms with Gasteiger partial charge in [0.15, 0.2) is 0 Å². The van der Waals surface area contributed by atoms with Gasteiger partial charge in [-0.15, -0.1) is 0 Å². The maximum absolute atomic E-state index is 13.3. The van der Waals surface area contributed by atoms with Crippen LogP contribution in [0.25, 0.3) is 0 Å². The van der Waals surface area contributed by atoms with Crippen LogP contribution in [0.1, 0.15) is 5.56 Å². The third-order valence-corrected chi connectivity index (χ3v) is 2.10. The molecule has 0 bridgehead atoms. The zero-order chi connectivity index (χ0) is 13.7.